The lowest BCUT2D eigenvalue weighted by Gasteiger charge is -2.15. The normalized spacial score (nSPS) is 14.2. The molecule has 1 aromatic rings. The smallest absolute Gasteiger partial charge is 0.298 e. The van der Waals surface area contributed by atoms with Crippen LogP contribution in [0.1, 0.15) is 17.3 Å². The number of ketones is 2. The maximum absolute atomic E-state index is 11.6. The number of anilines is 1. The largest absolute Gasteiger partial charge is 0.299 e. The van der Waals surface area contributed by atoms with Gasteiger partial charge in [-0.05, 0) is 19.1 Å². The predicted octanol–water partition coefficient (Wildman–Crippen LogP) is 1.46. The highest BCUT2D eigenvalue weighted by Gasteiger charge is 2.37. The lowest BCUT2D eigenvalue weighted by Crippen LogP contribution is -2.33. The first-order valence-corrected chi connectivity index (χ1v) is 5.04. The number of para-hydroxylation sites is 1. The van der Waals surface area contributed by atoms with Crippen molar-refractivity contribution in [3.63, 3.8) is 0 Å². The standard InChI is InChI=1S/C11H8ClNO3/c1-6(14)5-13-9-7(10(15)11(13)16)3-2-4-8(9)12/h2-4H,5H2,1H3. The summed E-state index contributed by atoms with van der Waals surface area (Å²) in [7, 11) is 0. The van der Waals surface area contributed by atoms with Crippen molar-refractivity contribution in [1.29, 1.82) is 0 Å². The number of nitrogens with zero attached hydrogens (tertiary/aromatic N) is 1. The van der Waals surface area contributed by atoms with Crippen LogP contribution in [-0.4, -0.2) is 24.0 Å². The second kappa shape index (κ2) is 3.72. The summed E-state index contributed by atoms with van der Waals surface area (Å²) >= 11 is 5.92. The topological polar surface area (TPSA) is 54.5 Å². The van der Waals surface area contributed by atoms with Gasteiger partial charge in [-0.15, -0.1) is 0 Å². The summed E-state index contributed by atoms with van der Waals surface area (Å²) in [5.41, 5.74) is 0.605. The van der Waals surface area contributed by atoms with Gasteiger partial charge in [-0.3, -0.25) is 19.3 Å². The lowest BCUT2D eigenvalue weighted by molar-refractivity contribution is -0.119. The summed E-state index contributed by atoms with van der Waals surface area (Å²) in [6, 6.07) is 4.71. The van der Waals surface area contributed by atoms with Gasteiger partial charge in [0.2, 0.25) is 0 Å². The average Bonchev–Trinajstić information content (AvgIpc) is 2.45. The summed E-state index contributed by atoms with van der Waals surface area (Å²) in [5.74, 6) is -1.51. The first-order valence-electron chi connectivity index (χ1n) is 4.66. The molecule has 0 saturated heterocycles. The highest BCUT2D eigenvalue weighted by Crippen LogP contribution is 2.35. The summed E-state index contributed by atoms with van der Waals surface area (Å²) in [6.07, 6.45) is 0. The molecule has 0 aromatic heterocycles. The third kappa shape index (κ3) is 1.51. The van der Waals surface area contributed by atoms with Crippen LogP contribution in [0.25, 0.3) is 0 Å². The van der Waals surface area contributed by atoms with Gasteiger partial charge in [-0.1, -0.05) is 17.7 Å². The van der Waals surface area contributed by atoms with Crippen molar-refractivity contribution in [2.24, 2.45) is 0 Å². The zero-order valence-corrected chi connectivity index (χ0v) is 9.25. The molecule has 0 atom stereocenters. The van der Waals surface area contributed by atoms with Crippen molar-refractivity contribution in [1.82, 2.24) is 0 Å². The van der Waals surface area contributed by atoms with Crippen LogP contribution in [0.4, 0.5) is 5.69 Å². The van der Waals surface area contributed by atoms with Gasteiger partial charge in [0.1, 0.15) is 5.78 Å². The third-order valence-electron chi connectivity index (χ3n) is 2.32. The number of amides is 1. The fourth-order valence-corrected chi connectivity index (χ4v) is 1.96. The first-order chi connectivity index (χ1) is 7.52. The van der Waals surface area contributed by atoms with Crippen molar-refractivity contribution in [3.8, 4) is 0 Å². The molecular weight excluding hydrogens is 230 g/mol. The molecule has 1 aliphatic heterocycles. The van der Waals surface area contributed by atoms with Gasteiger partial charge in [0, 0.05) is 0 Å². The van der Waals surface area contributed by atoms with Gasteiger partial charge < -0.3 is 0 Å². The summed E-state index contributed by atoms with van der Waals surface area (Å²) < 4.78 is 0. The van der Waals surface area contributed by atoms with E-state index in [1.807, 2.05) is 0 Å². The molecule has 0 N–H and O–H groups in total. The lowest BCUT2D eigenvalue weighted by atomic mass is 10.1. The van der Waals surface area contributed by atoms with E-state index in [1.165, 1.54) is 13.0 Å². The first kappa shape index (κ1) is 10.8. The number of rotatable bonds is 2. The molecule has 0 aliphatic carbocycles. The predicted molar refractivity (Wildman–Crippen MR) is 58.8 cm³/mol. The van der Waals surface area contributed by atoms with E-state index in [1.54, 1.807) is 12.1 Å². The fourth-order valence-electron chi connectivity index (χ4n) is 1.69. The molecule has 5 heteroatoms. The van der Waals surface area contributed by atoms with E-state index in [0.29, 0.717) is 10.7 Å². The molecule has 1 aliphatic rings. The number of hydrogen-bond acceptors (Lipinski definition) is 3. The van der Waals surface area contributed by atoms with Gasteiger partial charge in [0.15, 0.2) is 0 Å². The van der Waals surface area contributed by atoms with Crippen LogP contribution in [0.15, 0.2) is 18.2 Å². The van der Waals surface area contributed by atoms with Gasteiger partial charge in [0.05, 0.1) is 22.8 Å². The van der Waals surface area contributed by atoms with Crippen LogP contribution in [0.2, 0.25) is 5.02 Å². The molecule has 1 aromatic carbocycles. The second-order valence-electron chi connectivity index (χ2n) is 3.56. The molecule has 16 heavy (non-hydrogen) atoms. The number of hydrogen-bond donors (Lipinski definition) is 0. The van der Waals surface area contributed by atoms with Crippen LogP contribution < -0.4 is 4.90 Å². The number of carbonyl (C=O) groups is 3. The summed E-state index contributed by atoms with van der Waals surface area (Å²) in [5, 5.41) is 0.304. The minimum Gasteiger partial charge on any atom is -0.298 e. The number of carbonyl (C=O) groups excluding carboxylic acids is 3. The Bertz CT molecular complexity index is 510. The minimum absolute atomic E-state index is 0.124. The number of benzene rings is 1. The van der Waals surface area contributed by atoms with Crippen LogP contribution in [0, 0.1) is 0 Å². The van der Waals surface area contributed by atoms with Crippen molar-refractivity contribution in [2.75, 3.05) is 11.4 Å². The Balaban J connectivity index is 2.56. The Kier molecular flexibility index (Phi) is 2.52. The Labute approximate surface area is 96.8 Å². The number of fused-ring (bicyclic) bond motifs is 1. The van der Waals surface area contributed by atoms with Crippen molar-refractivity contribution >= 4 is 34.8 Å². The fraction of sp³-hybridized carbons (Fsp3) is 0.182. The second-order valence-corrected chi connectivity index (χ2v) is 3.97. The zero-order valence-electron chi connectivity index (χ0n) is 8.49. The molecule has 2 rings (SSSR count). The Morgan fingerprint density at radius 1 is 1.38 bits per heavy atom. The van der Waals surface area contributed by atoms with E-state index >= 15 is 0 Å². The Morgan fingerprint density at radius 2 is 2.06 bits per heavy atom. The van der Waals surface area contributed by atoms with Crippen molar-refractivity contribution in [2.45, 2.75) is 6.92 Å². The van der Waals surface area contributed by atoms with E-state index in [0.717, 1.165) is 4.90 Å². The van der Waals surface area contributed by atoms with E-state index in [-0.39, 0.29) is 17.9 Å². The molecule has 0 saturated carbocycles. The quantitative estimate of drug-likeness (QED) is 0.732. The molecule has 82 valence electrons. The molecule has 1 heterocycles. The Hall–Kier alpha value is -1.68. The number of Topliss-reactive ketones (excluding diaryl/α,β-unsaturated/α-hetero) is 2. The van der Waals surface area contributed by atoms with Gasteiger partial charge >= 0.3 is 0 Å². The molecular formula is C11H8ClNO3. The molecule has 0 spiro atoms. The third-order valence-corrected chi connectivity index (χ3v) is 2.63. The molecule has 4 nitrogen and oxygen atoms in total. The van der Waals surface area contributed by atoms with Crippen LogP contribution >= 0.6 is 11.6 Å². The van der Waals surface area contributed by atoms with Gasteiger partial charge in [-0.25, -0.2) is 0 Å². The Morgan fingerprint density at radius 3 is 2.69 bits per heavy atom. The van der Waals surface area contributed by atoms with Crippen molar-refractivity contribution < 1.29 is 14.4 Å². The monoisotopic (exact) mass is 237 g/mol. The highest BCUT2D eigenvalue weighted by molar-refractivity contribution is 6.54. The van der Waals surface area contributed by atoms with E-state index in [9.17, 15) is 14.4 Å². The number of halogens is 1. The van der Waals surface area contributed by atoms with Crippen LogP contribution in [0.5, 0.6) is 0 Å². The SMILES string of the molecule is CC(=O)CN1C(=O)C(=O)c2cccc(Cl)c21. The van der Waals surface area contributed by atoms with E-state index < -0.39 is 11.7 Å². The average molecular weight is 238 g/mol. The van der Waals surface area contributed by atoms with Crippen LogP contribution in [0.3, 0.4) is 0 Å². The van der Waals surface area contributed by atoms with Crippen LogP contribution in [-0.2, 0) is 9.59 Å². The van der Waals surface area contributed by atoms with E-state index in [4.69, 9.17) is 11.6 Å². The van der Waals surface area contributed by atoms with Crippen molar-refractivity contribution in [3.05, 3.63) is 28.8 Å². The zero-order chi connectivity index (χ0) is 11.9. The minimum atomic E-state index is -0.696. The summed E-state index contributed by atoms with van der Waals surface area (Å²) in [6.45, 7) is 1.23. The van der Waals surface area contributed by atoms with E-state index in [2.05, 4.69) is 0 Å². The maximum Gasteiger partial charge on any atom is 0.299 e. The molecule has 1 amide bonds. The van der Waals surface area contributed by atoms with Gasteiger partial charge in [0.25, 0.3) is 11.7 Å². The summed E-state index contributed by atoms with van der Waals surface area (Å²) in [4.78, 5) is 35.3. The highest BCUT2D eigenvalue weighted by atomic mass is 35.5. The van der Waals surface area contributed by atoms with Gasteiger partial charge in [-0.2, -0.15) is 0 Å². The maximum atomic E-state index is 11.6. The molecule has 0 bridgehead atoms. The molecule has 0 radical (unpaired) electrons. The molecule has 0 fully saturated rings. The molecule has 0 unspecified atom stereocenters.